The van der Waals surface area contributed by atoms with Crippen LogP contribution in [-0.4, -0.2) is 41.6 Å². The Morgan fingerprint density at radius 2 is 2.00 bits per heavy atom. The number of halogens is 1. The van der Waals surface area contributed by atoms with Crippen molar-refractivity contribution < 1.29 is 24.2 Å². The molecule has 0 radical (unpaired) electrons. The SMILES string of the molecule is O=C(CN1C(=O)COc2cc(Br)ccc21)NC1(C(=O)O)CCCCC1. The molecular formula is C17H19BrN2O5. The van der Waals surface area contributed by atoms with Crippen LogP contribution in [0, 0.1) is 0 Å². The summed E-state index contributed by atoms with van der Waals surface area (Å²) in [6, 6.07) is 5.18. The zero-order chi connectivity index (χ0) is 18.0. The van der Waals surface area contributed by atoms with E-state index in [-0.39, 0.29) is 19.1 Å². The molecule has 8 heteroatoms. The third-order valence-electron chi connectivity index (χ3n) is 4.66. The van der Waals surface area contributed by atoms with Gasteiger partial charge in [-0.25, -0.2) is 4.79 Å². The summed E-state index contributed by atoms with van der Waals surface area (Å²) in [5.74, 6) is -1.32. The van der Waals surface area contributed by atoms with Crippen LogP contribution in [0.15, 0.2) is 22.7 Å². The summed E-state index contributed by atoms with van der Waals surface area (Å²) in [6.45, 7) is -0.382. The van der Waals surface area contributed by atoms with Crippen LogP contribution >= 0.6 is 15.9 Å². The van der Waals surface area contributed by atoms with Crippen molar-refractivity contribution in [1.29, 1.82) is 0 Å². The van der Waals surface area contributed by atoms with E-state index in [9.17, 15) is 19.5 Å². The molecule has 0 saturated heterocycles. The molecule has 134 valence electrons. The molecule has 7 nitrogen and oxygen atoms in total. The summed E-state index contributed by atoms with van der Waals surface area (Å²) in [5.41, 5.74) is -0.727. The molecule has 1 aliphatic heterocycles. The fourth-order valence-corrected chi connectivity index (χ4v) is 3.69. The number of carboxylic acid groups (broad SMARTS) is 1. The zero-order valence-electron chi connectivity index (χ0n) is 13.6. The van der Waals surface area contributed by atoms with Gasteiger partial charge < -0.3 is 15.2 Å². The number of hydrogen-bond acceptors (Lipinski definition) is 4. The largest absolute Gasteiger partial charge is 0.482 e. The Morgan fingerprint density at radius 3 is 2.68 bits per heavy atom. The number of aliphatic carboxylic acids is 1. The highest BCUT2D eigenvalue weighted by Crippen LogP contribution is 2.34. The van der Waals surface area contributed by atoms with Gasteiger partial charge in [-0.15, -0.1) is 0 Å². The molecule has 1 aromatic rings. The van der Waals surface area contributed by atoms with Gasteiger partial charge in [-0.1, -0.05) is 35.2 Å². The van der Waals surface area contributed by atoms with Crippen LogP contribution in [0.25, 0.3) is 0 Å². The number of ether oxygens (including phenoxy) is 1. The third kappa shape index (κ3) is 3.63. The van der Waals surface area contributed by atoms with E-state index in [1.807, 2.05) is 0 Å². The van der Waals surface area contributed by atoms with E-state index in [1.54, 1.807) is 18.2 Å². The Hall–Kier alpha value is -2.09. The number of rotatable bonds is 4. The molecule has 2 amide bonds. The lowest BCUT2D eigenvalue weighted by Crippen LogP contribution is -2.58. The predicted octanol–water partition coefficient (Wildman–Crippen LogP) is 2.08. The second-order valence-electron chi connectivity index (χ2n) is 6.38. The maximum absolute atomic E-state index is 12.5. The van der Waals surface area contributed by atoms with Crippen LogP contribution in [0.2, 0.25) is 0 Å². The molecule has 2 N–H and O–H groups in total. The number of carbonyl (C=O) groups is 3. The van der Waals surface area contributed by atoms with Gasteiger partial charge in [0, 0.05) is 4.47 Å². The number of fused-ring (bicyclic) bond motifs is 1. The summed E-state index contributed by atoms with van der Waals surface area (Å²) in [7, 11) is 0. The standard InChI is InChI=1S/C17H19BrN2O5/c18-11-4-5-12-13(8-11)25-10-15(22)20(12)9-14(21)19-17(16(23)24)6-2-1-3-7-17/h4-5,8H,1-3,6-7,9-10H2,(H,19,21)(H,23,24). The fraction of sp³-hybridized carbons (Fsp3) is 0.471. The molecule has 0 bridgehead atoms. The average molecular weight is 411 g/mol. The minimum Gasteiger partial charge on any atom is -0.482 e. The predicted molar refractivity (Wildman–Crippen MR) is 93.6 cm³/mol. The van der Waals surface area contributed by atoms with Gasteiger partial charge in [0.15, 0.2) is 6.61 Å². The van der Waals surface area contributed by atoms with E-state index in [4.69, 9.17) is 4.74 Å². The summed E-state index contributed by atoms with van der Waals surface area (Å²) >= 11 is 3.34. The van der Waals surface area contributed by atoms with Gasteiger partial charge >= 0.3 is 5.97 Å². The van der Waals surface area contributed by atoms with Crippen LogP contribution in [0.1, 0.15) is 32.1 Å². The van der Waals surface area contributed by atoms with Gasteiger partial charge in [0.05, 0.1) is 5.69 Å². The van der Waals surface area contributed by atoms with E-state index < -0.39 is 17.4 Å². The number of anilines is 1. The molecule has 1 fully saturated rings. The molecule has 0 unspecified atom stereocenters. The second kappa shape index (κ2) is 7.03. The number of hydrogen-bond donors (Lipinski definition) is 2. The van der Waals surface area contributed by atoms with Crippen molar-refractivity contribution in [3.05, 3.63) is 22.7 Å². The van der Waals surface area contributed by atoms with Gasteiger partial charge in [0.25, 0.3) is 5.91 Å². The van der Waals surface area contributed by atoms with Crippen molar-refractivity contribution in [3.8, 4) is 5.75 Å². The maximum atomic E-state index is 12.5. The van der Waals surface area contributed by atoms with Gasteiger partial charge in [-0.2, -0.15) is 0 Å². The van der Waals surface area contributed by atoms with E-state index in [2.05, 4.69) is 21.2 Å². The number of nitrogens with zero attached hydrogens (tertiary/aromatic N) is 1. The molecular weight excluding hydrogens is 392 g/mol. The molecule has 0 aromatic heterocycles. The number of benzene rings is 1. The van der Waals surface area contributed by atoms with Crippen LogP contribution in [-0.2, 0) is 14.4 Å². The second-order valence-corrected chi connectivity index (χ2v) is 7.29. The number of carboxylic acids is 1. The zero-order valence-corrected chi connectivity index (χ0v) is 15.2. The molecule has 0 atom stereocenters. The normalized spacial score (nSPS) is 18.9. The Balaban J connectivity index is 1.76. The smallest absolute Gasteiger partial charge is 0.329 e. The topological polar surface area (TPSA) is 95.9 Å². The van der Waals surface area contributed by atoms with E-state index in [0.29, 0.717) is 24.3 Å². The van der Waals surface area contributed by atoms with Crippen LogP contribution < -0.4 is 15.0 Å². The average Bonchev–Trinajstić information content (AvgIpc) is 2.58. The lowest BCUT2D eigenvalue weighted by molar-refractivity contribution is -0.149. The number of carbonyl (C=O) groups excluding carboxylic acids is 2. The summed E-state index contributed by atoms with van der Waals surface area (Å²) < 4.78 is 6.19. The van der Waals surface area contributed by atoms with Crippen LogP contribution in [0.3, 0.4) is 0 Å². The van der Waals surface area contributed by atoms with Gasteiger partial charge in [0.1, 0.15) is 17.8 Å². The molecule has 2 aliphatic rings. The highest BCUT2D eigenvalue weighted by atomic mass is 79.9. The monoisotopic (exact) mass is 410 g/mol. The first-order valence-electron chi connectivity index (χ1n) is 8.18. The summed E-state index contributed by atoms with van der Waals surface area (Å²) in [6.07, 6.45) is 3.32. The number of amides is 2. The highest BCUT2D eigenvalue weighted by molar-refractivity contribution is 9.10. The molecule has 25 heavy (non-hydrogen) atoms. The third-order valence-corrected chi connectivity index (χ3v) is 5.16. The summed E-state index contributed by atoms with van der Waals surface area (Å²) in [5, 5.41) is 12.2. The Bertz CT molecular complexity index is 715. The minimum atomic E-state index is -1.23. The Kier molecular flexibility index (Phi) is 4.99. The van der Waals surface area contributed by atoms with E-state index in [0.717, 1.165) is 23.7 Å². The summed E-state index contributed by atoms with van der Waals surface area (Å²) in [4.78, 5) is 37.7. The van der Waals surface area contributed by atoms with Crippen molar-refractivity contribution in [2.45, 2.75) is 37.6 Å². The lowest BCUT2D eigenvalue weighted by Gasteiger charge is -2.35. The molecule has 3 rings (SSSR count). The molecule has 1 aromatic carbocycles. The van der Waals surface area contributed by atoms with Crippen molar-refractivity contribution in [1.82, 2.24) is 5.32 Å². The van der Waals surface area contributed by atoms with Crippen LogP contribution in [0.4, 0.5) is 5.69 Å². The lowest BCUT2D eigenvalue weighted by atomic mass is 9.81. The molecule has 1 saturated carbocycles. The van der Waals surface area contributed by atoms with Crippen molar-refractivity contribution >= 4 is 39.4 Å². The van der Waals surface area contributed by atoms with Crippen molar-refractivity contribution in [2.75, 3.05) is 18.1 Å². The molecule has 1 aliphatic carbocycles. The maximum Gasteiger partial charge on any atom is 0.329 e. The van der Waals surface area contributed by atoms with E-state index >= 15 is 0 Å². The minimum absolute atomic E-state index is 0.152. The fourth-order valence-electron chi connectivity index (χ4n) is 3.35. The first-order valence-corrected chi connectivity index (χ1v) is 8.98. The van der Waals surface area contributed by atoms with Gasteiger partial charge in [-0.3, -0.25) is 14.5 Å². The van der Waals surface area contributed by atoms with Crippen molar-refractivity contribution in [3.63, 3.8) is 0 Å². The van der Waals surface area contributed by atoms with Gasteiger partial charge in [-0.05, 0) is 31.0 Å². The van der Waals surface area contributed by atoms with Gasteiger partial charge in [0.2, 0.25) is 5.91 Å². The highest BCUT2D eigenvalue weighted by Gasteiger charge is 2.41. The quantitative estimate of drug-likeness (QED) is 0.791. The first kappa shape index (κ1) is 17.7. The Labute approximate surface area is 153 Å². The first-order chi connectivity index (χ1) is 11.9. The molecule has 1 heterocycles. The molecule has 0 spiro atoms. The van der Waals surface area contributed by atoms with Crippen molar-refractivity contribution in [2.24, 2.45) is 0 Å². The number of nitrogens with one attached hydrogen (secondary N) is 1. The van der Waals surface area contributed by atoms with Crippen LogP contribution in [0.5, 0.6) is 5.75 Å². The Morgan fingerprint density at radius 1 is 1.28 bits per heavy atom. The van der Waals surface area contributed by atoms with E-state index in [1.165, 1.54) is 4.90 Å².